The molecule has 2 aromatic carbocycles. The summed E-state index contributed by atoms with van der Waals surface area (Å²) in [6.07, 6.45) is 1.45. The van der Waals surface area contributed by atoms with E-state index < -0.39 is 10.0 Å². The van der Waals surface area contributed by atoms with Crippen molar-refractivity contribution in [1.29, 1.82) is 0 Å². The Bertz CT molecular complexity index is 893. The Hall–Kier alpha value is -2.51. The van der Waals surface area contributed by atoms with Gasteiger partial charge in [0.25, 0.3) is 10.0 Å². The van der Waals surface area contributed by atoms with Gasteiger partial charge in [0.1, 0.15) is 5.75 Å². The number of ether oxygens (including phenoxy) is 1. The fourth-order valence-electron chi connectivity index (χ4n) is 2.00. The van der Waals surface area contributed by atoms with Gasteiger partial charge in [0.15, 0.2) is 0 Å². The molecule has 0 aliphatic rings. The maximum Gasteiger partial charge on any atom is 0.255 e. The van der Waals surface area contributed by atoms with Crippen LogP contribution < -0.4 is 14.8 Å². The molecule has 1 amide bonds. The first-order chi connectivity index (χ1) is 11.8. The highest BCUT2D eigenvalue weighted by atomic mass is 35.5. The molecule has 0 atom stereocenters. The molecule has 0 bridgehead atoms. The standard InChI is InChI=1S/C17H17ClN2O4S/c1-12(21)19-15-7-8-17(24-2)16(11-15)20-25(22,23)10-9-13-3-5-14(18)6-4-13/h3-11,20H,1-2H3,(H,19,21)/b10-9+. The highest BCUT2D eigenvalue weighted by Gasteiger charge is 2.12. The number of nitrogens with one attached hydrogen (secondary N) is 2. The molecule has 0 saturated heterocycles. The quantitative estimate of drug-likeness (QED) is 0.799. The number of hydrogen-bond acceptors (Lipinski definition) is 4. The number of hydrogen-bond donors (Lipinski definition) is 2. The molecule has 0 heterocycles. The summed E-state index contributed by atoms with van der Waals surface area (Å²) in [4.78, 5) is 11.1. The second kappa shape index (κ2) is 8.04. The lowest BCUT2D eigenvalue weighted by Gasteiger charge is -2.12. The normalized spacial score (nSPS) is 11.3. The van der Waals surface area contributed by atoms with E-state index in [0.29, 0.717) is 22.0 Å². The minimum absolute atomic E-state index is 0.217. The molecule has 6 nitrogen and oxygen atoms in total. The molecule has 0 aliphatic heterocycles. The summed E-state index contributed by atoms with van der Waals surface area (Å²) < 4.78 is 32.1. The smallest absolute Gasteiger partial charge is 0.255 e. The molecule has 8 heteroatoms. The molecular formula is C17H17ClN2O4S. The summed E-state index contributed by atoms with van der Waals surface area (Å²) >= 11 is 5.79. The van der Waals surface area contributed by atoms with E-state index in [9.17, 15) is 13.2 Å². The van der Waals surface area contributed by atoms with Crippen LogP contribution in [0.4, 0.5) is 11.4 Å². The molecule has 0 aliphatic carbocycles. The average Bonchev–Trinajstić information content (AvgIpc) is 2.54. The van der Waals surface area contributed by atoms with Crippen molar-refractivity contribution in [2.75, 3.05) is 17.1 Å². The van der Waals surface area contributed by atoms with Crippen molar-refractivity contribution in [1.82, 2.24) is 0 Å². The van der Waals surface area contributed by atoms with Gasteiger partial charge in [-0.25, -0.2) is 8.42 Å². The number of methoxy groups -OCH3 is 1. The van der Waals surface area contributed by atoms with Crippen molar-refractivity contribution in [3.63, 3.8) is 0 Å². The number of benzene rings is 2. The fraction of sp³-hybridized carbons (Fsp3) is 0.118. The average molecular weight is 381 g/mol. The largest absolute Gasteiger partial charge is 0.495 e. The van der Waals surface area contributed by atoms with Gasteiger partial charge in [-0.05, 0) is 42.0 Å². The van der Waals surface area contributed by atoms with E-state index in [1.165, 1.54) is 26.2 Å². The predicted octanol–water partition coefficient (Wildman–Crippen LogP) is 3.72. The van der Waals surface area contributed by atoms with Gasteiger partial charge >= 0.3 is 0 Å². The number of sulfonamides is 1. The molecule has 0 spiro atoms. The van der Waals surface area contributed by atoms with E-state index in [4.69, 9.17) is 16.3 Å². The highest BCUT2D eigenvalue weighted by Crippen LogP contribution is 2.29. The maximum atomic E-state index is 12.3. The lowest BCUT2D eigenvalue weighted by Crippen LogP contribution is -2.11. The lowest BCUT2D eigenvalue weighted by atomic mass is 10.2. The molecular weight excluding hydrogens is 364 g/mol. The summed E-state index contributed by atoms with van der Waals surface area (Å²) in [7, 11) is -2.35. The Morgan fingerprint density at radius 1 is 1.16 bits per heavy atom. The van der Waals surface area contributed by atoms with Gasteiger partial charge in [0, 0.05) is 17.6 Å². The second-order valence-electron chi connectivity index (χ2n) is 5.10. The SMILES string of the molecule is COc1ccc(NC(C)=O)cc1NS(=O)(=O)/C=C/c1ccc(Cl)cc1. The van der Waals surface area contributed by atoms with Crippen LogP contribution in [0.2, 0.25) is 5.02 Å². The zero-order valence-electron chi connectivity index (χ0n) is 13.6. The molecule has 2 aromatic rings. The van der Waals surface area contributed by atoms with E-state index in [1.54, 1.807) is 36.4 Å². The highest BCUT2D eigenvalue weighted by molar-refractivity contribution is 7.95. The van der Waals surface area contributed by atoms with E-state index in [2.05, 4.69) is 10.0 Å². The third-order valence-electron chi connectivity index (χ3n) is 3.08. The Morgan fingerprint density at radius 3 is 2.44 bits per heavy atom. The molecule has 0 saturated carbocycles. The van der Waals surface area contributed by atoms with Gasteiger partial charge in [0.05, 0.1) is 18.2 Å². The van der Waals surface area contributed by atoms with Crippen LogP contribution in [0.5, 0.6) is 5.75 Å². The number of carbonyl (C=O) groups is 1. The second-order valence-corrected chi connectivity index (χ2v) is 7.10. The Balaban J connectivity index is 2.23. The monoisotopic (exact) mass is 380 g/mol. The summed E-state index contributed by atoms with van der Waals surface area (Å²) in [5.74, 6) is 0.0687. The van der Waals surface area contributed by atoms with E-state index >= 15 is 0 Å². The van der Waals surface area contributed by atoms with Crippen LogP contribution in [-0.2, 0) is 14.8 Å². The van der Waals surface area contributed by atoms with Crippen LogP contribution in [0.15, 0.2) is 47.9 Å². The number of rotatable bonds is 6. The Kier molecular flexibility index (Phi) is 6.06. The maximum absolute atomic E-state index is 12.3. The predicted molar refractivity (Wildman–Crippen MR) is 100 cm³/mol. The molecule has 2 rings (SSSR count). The minimum atomic E-state index is -3.78. The van der Waals surface area contributed by atoms with Gasteiger partial charge < -0.3 is 10.1 Å². The lowest BCUT2D eigenvalue weighted by molar-refractivity contribution is -0.114. The first-order valence-corrected chi connectivity index (χ1v) is 9.13. The first-order valence-electron chi connectivity index (χ1n) is 7.21. The summed E-state index contributed by atoms with van der Waals surface area (Å²) in [6, 6.07) is 11.4. The van der Waals surface area contributed by atoms with Gasteiger partial charge in [-0.3, -0.25) is 9.52 Å². The third kappa shape index (κ3) is 5.81. The van der Waals surface area contributed by atoms with E-state index in [1.807, 2.05) is 0 Å². The fourth-order valence-corrected chi connectivity index (χ4v) is 2.99. The van der Waals surface area contributed by atoms with Crippen molar-refractivity contribution >= 4 is 45.0 Å². The zero-order chi connectivity index (χ0) is 18.4. The number of carbonyl (C=O) groups excluding carboxylic acids is 1. The number of halogens is 1. The van der Waals surface area contributed by atoms with Crippen LogP contribution in [0.25, 0.3) is 6.08 Å². The molecule has 0 aromatic heterocycles. The Labute approximate surface area is 151 Å². The van der Waals surface area contributed by atoms with Gasteiger partial charge in [-0.15, -0.1) is 0 Å². The van der Waals surface area contributed by atoms with Crippen molar-refractivity contribution < 1.29 is 17.9 Å². The van der Waals surface area contributed by atoms with Crippen LogP contribution in [0, 0.1) is 0 Å². The topological polar surface area (TPSA) is 84.5 Å². The first kappa shape index (κ1) is 18.8. The zero-order valence-corrected chi connectivity index (χ0v) is 15.2. The van der Waals surface area contributed by atoms with E-state index in [0.717, 1.165) is 5.41 Å². The third-order valence-corrected chi connectivity index (χ3v) is 4.33. The van der Waals surface area contributed by atoms with Crippen LogP contribution in [0.3, 0.4) is 0 Å². The van der Waals surface area contributed by atoms with Crippen molar-refractivity contribution in [3.05, 3.63) is 58.5 Å². The van der Waals surface area contributed by atoms with Crippen LogP contribution in [0.1, 0.15) is 12.5 Å². The molecule has 0 radical (unpaired) electrons. The van der Waals surface area contributed by atoms with E-state index in [-0.39, 0.29) is 11.6 Å². The van der Waals surface area contributed by atoms with Crippen LogP contribution in [-0.4, -0.2) is 21.4 Å². The molecule has 2 N–H and O–H groups in total. The summed E-state index contributed by atoms with van der Waals surface area (Å²) in [6.45, 7) is 1.36. The van der Waals surface area contributed by atoms with Crippen LogP contribution >= 0.6 is 11.6 Å². The molecule has 0 unspecified atom stereocenters. The van der Waals surface area contributed by atoms with Gasteiger partial charge in [-0.1, -0.05) is 23.7 Å². The van der Waals surface area contributed by atoms with Crippen molar-refractivity contribution in [3.8, 4) is 5.75 Å². The van der Waals surface area contributed by atoms with Gasteiger partial charge in [-0.2, -0.15) is 0 Å². The molecule has 0 fully saturated rings. The van der Waals surface area contributed by atoms with Crippen molar-refractivity contribution in [2.45, 2.75) is 6.92 Å². The molecule has 132 valence electrons. The summed E-state index contributed by atoms with van der Waals surface area (Å²) in [5.41, 5.74) is 1.36. The minimum Gasteiger partial charge on any atom is -0.495 e. The summed E-state index contributed by atoms with van der Waals surface area (Å²) in [5, 5.41) is 4.20. The molecule has 25 heavy (non-hydrogen) atoms. The Morgan fingerprint density at radius 2 is 1.84 bits per heavy atom. The van der Waals surface area contributed by atoms with Crippen molar-refractivity contribution in [2.24, 2.45) is 0 Å². The van der Waals surface area contributed by atoms with Gasteiger partial charge in [0.2, 0.25) is 5.91 Å². The number of amides is 1. The number of anilines is 2.